The lowest BCUT2D eigenvalue weighted by Crippen LogP contribution is -1.91. The molecule has 0 atom stereocenters. The van der Waals surface area contributed by atoms with Gasteiger partial charge in [-0.3, -0.25) is 0 Å². The van der Waals surface area contributed by atoms with Crippen LogP contribution < -0.4 is 0 Å². The molecule has 0 saturated carbocycles. The van der Waals surface area contributed by atoms with E-state index in [0.717, 1.165) is 5.56 Å². The van der Waals surface area contributed by atoms with Gasteiger partial charge in [-0.05, 0) is 22.9 Å². The van der Waals surface area contributed by atoms with Crippen LogP contribution in [0.3, 0.4) is 0 Å². The third-order valence-corrected chi connectivity index (χ3v) is 1.83. The fourth-order valence-corrected chi connectivity index (χ4v) is 1.17. The summed E-state index contributed by atoms with van der Waals surface area (Å²) < 4.78 is 0. The molecule has 1 heterocycles. The van der Waals surface area contributed by atoms with Crippen LogP contribution in [0.2, 0.25) is 0 Å². The fraction of sp³-hybridized carbons (Fsp3) is 0.250. The lowest BCUT2D eigenvalue weighted by Gasteiger charge is -2.04. The Balaban J connectivity index is 2.39. The molecule has 12 heavy (non-hydrogen) atoms. The Morgan fingerprint density at radius 2 is 1.75 bits per heavy atom. The largest absolute Gasteiger partial charge is 0.210 e. The minimum absolute atomic E-state index is 0.216. The van der Waals surface area contributed by atoms with Crippen molar-refractivity contribution in [2.75, 3.05) is 0 Å². The molecule has 60 valence electrons. The van der Waals surface area contributed by atoms with Crippen molar-refractivity contribution in [2.24, 2.45) is 20.7 Å². The molecular formula is C8H8N4. The van der Waals surface area contributed by atoms with Crippen LogP contribution in [-0.4, -0.2) is 0 Å². The van der Waals surface area contributed by atoms with Crippen LogP contribution in [0, 0.1) is 6.92 Å². The number of hydrogen-bond acceptors (Lipinski definition) is 4. The van der Waals surface area contributed by atoms with Crippen molar-refractivity contribution in [2.45, 2.75) is 13.1 Å². The fourth-order valence-electron chi connectivity index (χ4n) is 1.17. The Morgan fingerprint density at radius 3 is 2.42 bits per heavy atom. The molecule has 0 fully saturated rings. The van der Waals surface area contributed by atoms with E-state index in [2.05, 4.69) is 20.7 Å². The second kappa shape index (κ2) is 2.81. The Hall–Kier alpha value is -1.58. The number of hydrogen-bond donors (Lipinski definition) is 0. The first-order valence-corrected chi connectivity index (χ1v) is 3.73. The Kier molecular flexibility index (Phi) is 1.66. The highest BCUT2D eigenvalue weighted by Crippen LogP contribution is 2.25. The third kappa shape index (κ3) is 1.11. The van der Waals surface area contributed by atoms with Crippen molar-refractivity contribution in [1.82, 2.24) is 0 Å². The third-order valence-electron chi connectivity index (χ3n) is 1.83. The molecule has 0 amide bonds. The molecular weight excluding hydrogens is 152 g/mol. The van der Waals surface area contributed by atoms with Crippen molar-refractivity contribution in [3.8, 4) is 0 Å². The minimum atomic E-state index is -0.216. The molecule has 0 aliphatic carbocycles. The number of aryl methyl sites for hydroxylation is 1. The summed E-state index contributed by atoms with van der Waals surface area (Å²) in [6.07, 6.45) is -0.216. The van der Waals surface area contributed by atoms with Crippen molar-refractivity contribution < 1.29 is 0 Å². The van der Waals surface area contributed by atoms with Crippen molar-refractivity contribution >= 4 is 0 Å². The summed E-state index contributed by atoms with van der Waals surface area (Å²) in [6, 6.07) is 7.97. The van der Waals surface area contributed by atoms with Gasteiger partial charge in [0, 0.05) is 5.56 Å². The molecule has 2 rings (SSSR count). The normalized spacial score (nSPS) is 15.8. The van der Waals surface area contributed by atoms with Crippen LogP contribution in [-0.2, 0) is 0 Å². The van der Waals surface area contributed by atoms with E-state index < -0.39 is 0 Å². The summed E-state index contributed by atoms with van der Waals surface area (Å²) in [6.45, 7) is 2.03. The number of rotatable bonds is 1. The summed E-state index contributed by atoms with van der Waals surface area (Å²) in [5.41, 5.74) is 2.24. The van der Waals surface area contributed by atoms with E-state index in [1.165, 1.54) is 5.56 Å². The maximum absolute atomic E-state index is 3.86. The van der Waals surface area contributed by atoms with Gasteiger partial charge < -0.3 is 0 Å². The molecule has 0 aromatic heterocycles. The maximum atomic E-state index is 3.86. The SMILES string of the molecule is Cc1ccccc1C1N=NN=N1. The topological polar surface area (TPSA) is 49.4 Å². The zero-order chi connectivity index (χ0) is 8.39. The predicted molar refractivity (Wildman–Crippen MR) is 43.6 cm³/mol. The highest BCUT2D eigenvalue weighted by Gasteiger charge is 2.13. The predicted octanol–water partition coefficient (Wildman–Crippen LogP) is 2.83. The highest BCUT2D eigenvalue weighted by atomic mass is 15.6. The molecule has 1 aromatic rings. The number of benzene rings is 1. The monoisotopic (exact) mass is 160 g/mol. The average Bonchev–Trinajstić information content (AvgIpc) is 2.57. The maximum Gasteiger partial charge on any atom is 0.210 e. The van der Waals surface area contributed by atoms with Gasteiger partial charge in [0.1, 0.15) is 0 Å². The van der Waals surface area contributed by atoms with Crippen LogP contribution in [0.1, 0.15) is 17.3 Å². The first-order chi connectivity index (χ1) is 5.88. The van der Waals surface area contributed by atoms with Gasteiger partial charge in [-0.1, -0.05) is 24.3 Å². The van der Waals surface area contributed by atoms with Crippen molar-refractivity contribution in [3.05, 3.63) is 35.4 Å². The molecule has 0 N–H and O–H groups in total. The second-order valence-corrected chi connectivity index (χ2v) is 2.64. The summed E-state index contributed by atoms with van der Waals surface area (Å²) in [7, 11) is 0. The van der Waals surface area contributed by atoms with E-state index in [4.69, 9.17) is 0 Å². The molecule has 1 aliphatic rings. The van der Waals surface area contributed by atoms with Crippen LogP contribution in [0.25, 0.3) is 0 Å². The molecule has 1 aromatic carbocycles. The van der Waals surface area contributed by atoms with Gasteiger partial charge >= 0.3 is 0 Å². The Morgan fingerprint density at radius 1 is 1.08 bits per heavy atom. The van der Waals surface area contributed by atoms with E-state index in [0.29, 0.717) is 0 Å². The van der Waals surface area contributed by atoms with Gasteiger partial charge in [0.05, 0.1) is 0 Å². The standard InChI is InChI=1S/C8H8N4/c1-6-4-2-3-5-7(6)8-9-11-12-10-8/h2-5,8H,1H3. The van der Waals surface area contributed by atoms with E-state index in [1.54, 1.807) is 0 Å². The van der Waals surface area contributed by atoms with E-state index in [1.807, 2.05) is 31.2 Å². The quantitative estimate of drug-likeness (QED) is 0.606. The summed E-state index contributed by atoms with van der Waals surface area (Å²) in [4.78, 5) is 0. The molecule has 4 nitrogen and oxygen atoms in total. The average molecular weight is 160 g/mol. The molecule has 0 bridgehead atoms. The first kappa shape index (κ1) is 7.09. The molecule has 0 saturated heterocycles. The van der Waals surface area contributed by atoms with Gasteiger partial charge in [-0.15, -0.1) is 10.2 Å². The van der Waals surface area contributed by atoms with Gasteiger partial charge in [-0.25, -0.2) is 0 Å². The minimum Gasteiger partial charge on any atom is -0.133 e. The van der Waals surface area contributed by atoms with Crippen LogP contribution in [0.4, 0.5) is 0 Å². The van der Waals surface area contributed by atoms with Crippen LogP contribution in [0.5, 0.6) is 0 Å². The van der Waals surface area contributed by atoms with Gasteiger partial charge in [-0.2, -0.15) is 0 Å². The molecule has 4 heteroatoms. The molecule has 0 unspecified atom stereocenters. The molecule has 0 radical (unpaired) electrons. The summed E-state index contributed by atoms with van der Waals surface area (Å²) >= 11 is 0. The van der Waals surface area contributed by atoms with E-state index in [-0.39, 0.29) is 6.17 Å². The smallest absolute Gasteiger partial charge is 0.133 e. The molecule has 1 aliphatic heterocycles. The Bertz CT molecular complexity index is 331. The lowest BCUT2D eigenvalue weighted by molar-refractivity contribution is 0.758. The zero-order valence-corrected chi connectivity index (χ0v) is 6.68. The van der Waals surface area contributed by atoms with E-state index in [9.17, 15) is 0 Å². The second-order valence-electron chi connectivity index (χ2n) is 2.64. The first-order valence-electron chi connectivity index (χ1n) is 3.73. The van der Waals surface area contributed by atoms with Crippen LogP contribution in [0.15, 0.2) is 44.9 Å². The zero-order valence-electron chi connectivity index (χ0n) is 6.68. The Labute approximate surface area is 70.0 Å². The van der Waals surface area contributed by atoms with Crippen molar-refractivity contribution in [3.63, 3.8) is 0 Å². The lowest BCUT2D eigenvalue weighted by atomic mass is 10.1. The van der Waals surface area contributed by atoms with Gasteiger partial charge in [0.25, 0.3) is 0 Å². The van der Waals surface area contributed by atoms with E-state index >= 15 is 0 Å². The number of nitrogens with zero attached hydrogens (tertiary/aromatic N) is 4. The summed E-state index contributed by atoms with van der Waals surface area (Å²) in [5.74, 6) is 0. The van der Waals surface area contributed by atoms with Gasteiger partial charge in [0.15, 0.2) is 0 Å². The van der Waals surface area contributed by atoms with Crippen LogP contribution >= 0.6 is 0 Å². The molecule has 0 spiro atoms. The van der Waals surface area contributed by atoms with Crippen molar-refractivity contribution in [1.29, 1.82) is 0 Å². The highest BCUT2D eigenvalue weighted by molar-refractivity contribution is 5.28. The summed E-state index contributed by atoms with van der Waals surface area (Å²) in [5, 5.41) is 14.6. The van der Waals surface area contributed by atoms with Gasteiger partial charge in [0.2, 0.25) is 6.17 Å².